The molecular weight excluding hydrogens is 270 g/mol. The van der Waals surface area contributed by atoms with E-state index < -0.39 is 0 Å². The first-order chi connectivity index (χ1) is 9.58. The minimum Gasteiger partial charge on any atom is -0.366 e. The van der Waals surface area contributed by atoms with Gasteiger partial charge in [-0.2, -0.15) is 0 Å². The van der Waals surface area contributed by atoms with Gasteiger partial charge in [0.1, 0.15) is 16.8 Å². The Balaban J connectivity index is 2.06. The molecule has 0 saturated heterocycles. The monoisotopic (exact) mass is 289 g/mol. The van der Waals surface area contributed by atoms with Crippen LogP contribution < -0.4 is 5.32 Å². The summed E-state index contributed by atoms with van der Waals surface area (Å²) >= 11 is 6.02. The quantitative estimate of drug-likeness (QED) is 0.828. The zero-order chi connectivity index (χ0) is 14.5. The van der Waals surface area contributed by atoms with Gasteiger partial charge in [0, 0.05) is 18.5 Å². The van der Waals surface area contributed by atoms with Crippen LogP contribution in [0.15, 0.2) is 30.3 Å². The molecule has 0 unspecified atom stereocenters. The lowest BCUT2D eigenvalue weighted by Crippen LogP contribution is -2.05. The third-order valence-corrected chi connectivity index (χ3v) is 3.33. The molecule has 20 heavy (non-hydrogen) atoms. The van der Waals surface area contributed by atoms with Crippen LogP contribution in [0.5, 0.6) is 0 Å². The summed E-state index contributed by atoms with van der Waals surface area (Å²) in [6.07, 6.45) is 1.06. The van der Waals surface area contributed by atoms with E-state index in [9.17, 15) is 0 Å². The molecule has 1 aromatic carbocycles. The Morgan fingerprint density at radius 2 is 1.75 bits per heavy atom. The highest BCUT2D eigenvalue weighted by molar-refractivity contribution is 6.29. The van der Waals surface area contributed by atoms with Crippen LogP contribution in [0, 0.1) is 0 Å². The molecule has 0 aliphatic heterocycles. The summed E-state index contributed by atoms with van der Waals surface area (Å²) in [7, 11) is 0. The summed E-state index contributed by atoms with van der Waals surface area (Å²) in [4.78, 5) is 8.70. The number of nitrogens with zero attached hydrogens (tertiary/aromatic N) is 2. The highest BCUT2D eigenvalue weighted by Crippen LogP contribution is 2.17. The molecule has 4 heteroatoms. The van der Waals surface area contributed by atoms with Gasteiger partial charge in [-0.15, -0.1) is 0 Å². The van der Waals surface area contributed by atoms with Crippen molar-refractivity contribution in [2.24, 2.45) is 0 Å². The van der Waals surface area contributed by atoms with Crippen molar-refractivity contribution in [2.75, 3.05) is 5.32 Å². The molecular formula is C16H20ClN3. The Kier molecular flexibility index (Phi) is 4.96. The first kappa shape index (κ1) is 14.8. The maximum atomic E-state index is 6.02. The number of nitrogens with one attached hydrogen (secondary N) is 1. The topological polar surface area (TPSA) is 37.8 Å². The summed E-state index contributed by atoms with van der Waals surface area (Å²) in [5.41, 5.74) is 2.57. The average molecular weight is 290 g/mol. The second kappa shape index (κ2) is 6.71. The van der Waals surface area contributed by atoms with Crippen LogP contribution in [0.1, 0.15) is 43.6 Å². The van der Waals surface area contributed by atoms with E-state index in [0.717, 1.165) is 24.6 Å². The van der Waals surface area contributed by atoms with Crippen LogP contribution in [0.2, 0.25) is 5.15 Å². The van der Waals surface area contributed by atoms with Gasteiger partial charge in [-0.1, -0.05) is 56.6 Å². The Morgan fingerprint density at radius 1 is 1.10 bits per heavy atom. The number of halogens is 1. The molecule has 2 aromatic rings. The standard InChI is InChI=1S/C16H20ClN3/c1-4-12-5-7-13(8-6-12)10-18-15-9-14(17)19-16(20-15)11(2)3/h5-9,11H,4,10H2,1-3H3,(H,18,19,20). The van der Waals surface area contributed by atoms with E-state index in [1.807, 2.05) is 0 Å². The van der Waals surface area contributed by atoms with E-state index in [4.69, 9.17) is 11.6 Å². The number of rotatable bonds is 5. The molecule has 0 fully saturated rings. The number of aryl methyl sites for hydroxylation is 1. The second-order valence-corrected chi connectivity index (χ2v) is 5.50. The summed E-state index contributed by atoms with van der Waals surface area (Å²) < 4.78 is 0. The summed E-state index contributed by atoms with van der Waals surface area (Å²) in [6, 6.07) is 10.3. The largest absolute Gasteiger partial charge is 0.366 e. The van der Waals surface area contributed by atoms with Crippen molar-refractivity contribution >= 4 is 17.4 Å². The van der Waals surface area contributed by atoms with Gasteiger partial charge in [0.15, 0.2) is 0 Å². The first-order valence-corrected chi connectivity index (χ1v) is 7.32. The zero-order valence-electron chi connectivity index (χ0n) is 12.2. The molecule has 1 heterocycles. The number of benzene rings is 1. The van der Waals surface area contributed by atoms with E-state index in [1.54, 1.807) is 6.07 Å². The molecule has 0 radical (unpaired) electrons. The van der Waals surface area contributed by atoms with Gasteiger partial charge in [-0.05, 0) is 17.5 Å². The third kappa shape index (κ3) is 3.94. The van der Waals surface area contributed by atoms with E-state index in [-0.39, 0.29) is 5.92 Å². The van der Waals surface area contributed by atoms with Crippen LogP contribution >= 0.6 is 11.6 Å². The molecule has 106 valence electrons. The van der Waals surface area contributed by atoms with Crippen LogP contribution in [-0.4, -0.2) is 9.97 Å². The second-order valence-electron chi connectivity index (χ2n) is 5.11. The SMILES string of the molecule is CCc1ccc(CNc2cc(Cl)nc(C(C)C)n2)cc1. The zero-order valence-corrected chi connectivity index (χ0v) is 12.9. The molecule has 0 aliphatic rings. The van der Waals surface area contributed by atoms with Crippen molar-refractivity contribution in [2.45, 2.75) is 39.7 Å². The van der Waals surface area contributed by atoms with Gasteiger partial charge in [-0.3, -0.25) is 0 Å². The normalized spacial score (nSPS) is 10.8. The first-order valence-electron chi connectivity index (χ1n) is 6.94. The Morgan fingerprint density at radius 3 is 2.35 bits per heavy atom. The van der Waals surface area contributed by atoms with Crippen molar-refractivity contribution in [1.29, 1.82) is 0 Å². The minimum atomic E-state index is 0.262. The smallest absolute Gasteiger partial charge is 0.135 e. The van der Waals surface area contributed by atoms with Gasteiger partial charge in [-0.25, -0.2) is 9.97 Å². The van der Waals surface area contributed by atoms with Gasteiger partial charge < -0.3 is 5.32 Å². The average Bonchev–Trinajstić information content (AvgIpc) is 2.45. The summed E-state index contributed by atoms with van der Waals surface area (Å²) in [6.45, 7) is 7.00. The summed E-state index contributed by atoms with van der Waals surface area (Å²) in [5.74, 6) is 1.80. The van der Waals surface area contributed by atoms with E-state index in [1.165, 1.54) is 11.1 Å². The van der Waals surface area contributed by atoms with E-state index >= 15 is 0 Å². The fourth-order valence-corrected chi connectivity index (χ4v) is 2.06. The third-order valence-electron chi connectivity index (χ3n) is 3.13. The fourth-order valence-electron chi connectivity index (χ4n) is 1.87. The lowest BCUT2D eigenvalue weighted by Gasteiger charge is -2.10. The number of hydrogen-bond acceptors (Lipinski definition) is 3. The highest BCUT2D eigenvalue weighted by Gasteiger charge is 2.06. The predicted octanol–water partition coefficient (Wildman–Crippen LogP) is 4.43. The van der Waals surface area contributed by atoms with E-state index in [2.05, 4.69) is 60.3 Å². The number of hydrogen-bond donors (Lipinski definition) is 1. The predicted molar refractivity (Wildman–Crippen MR) is 84.3 cm³/mol. The van der Waals surface area contributed by atoms with Crippen molar-refractivity contribution < 1.29 is 0 Å². The molecule has 0 atom stereocenters. The van der Waals surface area contributed by atoms with Crippen molar-refractivity contribution in [3.63, 3.8) is 0 Å². The Bertz CT molecular complexity index is 564. The maximum absolute atomic E-state index is 6.02. The van der Waals surface area contributed by atoms with Crippen molar-refractivity contribution in [3.05, 3.63) is 52.4 Å². The van der Waals surface area contributed by atoms with Crippen LogP contribution in [0.4, 0.5) is 5.82 Å². The molecule has 0 bridgehead atoms. The minimum absolute atomic E-state index is 0.262. The molecule has 2 rings (SSSR count). The summed E-state index contributed by atoms with van der Waals surface area (Å²) in [5, 5.41) is 3.78. The molecule has 0 saturated carbocycles. The van der Waals surface area contributed by atoms with Gasteiger partial charge in [0.2, 0.25) is 0 Å². The van der Waals surface area contributed by atoms with Crippen LogP contribution in [0.25, 0.3) is 0 Å². The van der Waals surface area contributed by atoms with Gasteiger partial charge in [0.25, 0.3) is 0 Å². The lowest BCUT2D eigenvalue weighted by molar-refractivity contribution is 0.774. The molecule has 1 N–H and O–H groups in total. The van der Waals surface area contributed by atoms with Crippen LogP contribution in [-0.2, 0) is 13.0 Å². The molecule has 1 aromatic heterocycles. The van der Waals surface area contributed by atoms with E-state index in [0.29, 0.717) is 5.15 Å². The maximum Gasteiger partial charge on any atom is 0.135 e. The Hall–Kier alpha value is -1.61. The van der Waals surface area contributed by atoms with Crippen molar-refractivity contribution in [1.82, 2.24) is 9.97 Å². The van der Waals surface area contributed by atoms with Crippen LogP contribution in [0.3, 0.4) is 0 Å². The molecule has 3 nitrogen and oxygen atoms in total. The van der Waals surface area contributed by atoms with Gasteiger partial charge in [0.05, 0.1) is 0 Å². The highest BCUT2D eigenvalue weighted by atomic mass is 35.5. The van der Waals surface area contributed by atoms with Gasteiger partial charge >= 0.3 is 0 Å². The van der Waals surface area contributed by atoms with Crippen molar-refractivity contribution in [3.8, 4) is 0 Å². The number of aromatic nitrogens is 2. The molecule has 0 amide bonds. The number of anilines is 1. The Labute approximate surface area is 125 Å². The molecule has 0 spiro atoms. The molecule has 0 aliphatic carbocycles. The lowest BCUT2D eigenvalue weighted by atomic mass is 10.1. The fraction of sp³-hybridized carbons (Fsp3) is 0.375.